The molecule has 1 fully saturated rings. The summed E-state index contributed by atoms with van der Waals surface area (Å²) >= 11 is 3.49. The van der Waals surface area contributed by atoms with Crippen molar-refractivity contribution >= 4 is 27.8 Å². The summed E-state index contributed by atoms with van der Waals surface area (Å²) in [6.07, 6.45) is 3.44. The minimum Gasteiger partial charge on any atom is -0.496 e. The van der Waals surface area contributed by atoms with Gasteiger partial charge in [0.05, 0.1) is 20.3 Å². The van der Waals surface area contributed by atoms with Crippen LogP contribution in [0.15, 0.2) is 53.0 Å². The number of nitrogens with zero attached hydrogens (tertiary/aromatic N) is 1. The molecule has 0 radical (unpaired) electrons. The number of ether oxygens (including phenoxy) is 2. The van der Waals surface area contributed by atoms with Crippen molar-refractivity contribution in [3.8, 4) is 5.75 Å². The van der Waals surface area contributed by atoms with Crippen molar-refractivity contribution in [2.75, 3.05) is 33.4 Å². The zero-order valence-electron chi connectivity index (χ0n) is 14.8. The van der Waals surface area contributed by atoms with Crippen LogP contribution < -0.4 is 4.74 Å². The molecule has 0 aliphatic carbocycles. The Bertz CT molecular complexity index is 798. The summed E-state index contributed by atoms with van der Waals surface area (Å²) in [5.74, 6) is 0.787. The Kier molecular flexibility index (Phi) is 6.61. The van der Waals surface area contributed by atoms with Crippen molar-refractivity contribution in [1.29, 1.82) is 0 Å². The van der Waals surface area contributed by atoms with E-state index in [0.29, 0.717) is 5.56 Å². The van der Waals surface area contributed by atoms with Crippen molar-refractivity contribution in [3.05, 3.63) is 69.7 Å². The fourth-order valence-electron chi connectivity index (χ4n) is 2.93. The van der Waals surface area contributed by atoms with Crippen LogP contribution in [-0.2, 0) is 11.3 Å². The van der Waals surface area contributed by atoms with Gasteiger partial charge in [0.2, 0.25) is 0 Å². The molecule has 136 valence electrons. The maximum Gasteiger partial charge on any atom is 0.185 e. The molecule has 26 heavy (non-hydrogen) atoms. The normalized spacial score (nSPS) is 15.3. The van der Waals surface area contributed by atoms with Gasteiger partial charge in [-0.2, -0.15) is 0 Å². The van der Waals surface area contributed by atoms with Gasteiger partial charge in [0, 0.05) is 35.2 Å². The topological polar surface area (TPSA) is 38.8 Å². The van der Waals surface area contributed by atoms with Gasteiger partial charge in [-0.1, -0.05) is 34.1 Å². The molecule has 0 amide bonds. The highest BCUT2D eigenvalue weighted by atomic mass is 79.9. The van der Waals surface area contributed by atoms with Crippen molar-refractivity contribution < 1.29 is 14.3 Å². The van der Waals surface area contributed by atoms with Gasteiger partial charge in [-0.15, -0.1) is 0 Å². The first-order valence-electron chi connectivity index (χ1n) is 8.61. The Morgan fingerprint density at radius 2 is 2.00 bits per heavy atom. The highest BCUT2D eigenvalue weighted by Gasteiger charge is 2.15. The summed E-state index contributed by atoms with van der Waals surface area (Å²) in [5, 5.41) is 0. The summed E-state index contributed by atoms with van der Waals surface area (Å²) < 4.78 is 11.8. The number of carbonyl (C=O) groups excluding carboxylic acids is 1. The van der Waals surface area contributed by atoms with Gasteiger partial charge in [0.25, 0.3) is 0 Å². The fourth-order valence-corrected chi connectivity index (χ4v) is 3.34. The summed E-state index contributed by atoms with van der Waals surface area (Å²) in [7, 11) is 1.66. The molecule has 0 aromatic heterocycles. The lowest BCUT2D eigenvalue weighted by atomic mass is 10.0. The van der Waals surface area contributed by atoms with E-state index in [2.05, 4.69) is 20.8 Å². The number of methoxy groups -OCH3 is 1. The number of morpholine rings is 1. The van der Waals surface area contributed by atoms with Crippen LogP contribution in [0.5, 0.6) is 5.75 Å². The van der Waals surface area contributed by atoms with Gasteiger partial charge < -0.3 is 9.47 Å². The van der Waals surface area contributed by atoms with Gasteiger partial charge in [-0.25, -0.2) is 0 Å². The average Bonchev–Trinajstić information content (AvgIpc) is 2.68. The largest absolute Gasteiger partial charge is 0.496 e. The lowest BCUT2D eigenvalue weighted by molar-refractivity contribution is 0.0338. The third-order valence-electron chi connectivity index (χ3n) is 4.38. The maximum atomic E-state index is 12.6. The van der Waals surface area contributed by atoms with E-state index in [1.807, 2.05) is 48.5 Å². The Labute approximate surface area is 162 Å². The Morgan fingerprint density at radius 1 is 1.23 bits per heavy atom. The van der Waals surface area contributed by atoms with Gasteiger partial charge >= 0.3 is 0 Å². The lowest BCUT2D eigenvalue weighted by Crippen LogP contribution is -2.35. The SMILES string of the molecule is COc1ccc(C(=O)/C=C/c2ccccc2Br)cc1CN1CCOCC1. The Morgan fingerprint density at radius 3 is 2.73 bits per heavy atom. The van der Waals surface area contributed by atoms with Crippen LogP contribution in [0.25, 0.3) is 6.08 Å². The zero-order valence-corrected chi connectivity index (χ0v) is 16.4. The molecule has 5 heteroatoms. The molecule has 1 saturated heterocycles. The van der Waals surface area contributed by atoms with Crippen LogP contribution in [0.4, 0.5) is 0 Å². The molecule has 0 N–H and O–H groups in total. The first-order valence-corrected chi connectivity index (χ1v) is 9.40. The summed E-state index contributed by atoms with van der Waals surface area (Å²) in [6.45, 7) is 4.03. The smallest absolute Gasteiger partial charge is 0.185 e. The minimum atomic E-state index is -0.0216. The Balaban J connectivity index is 1.77. The van der Waals surface area contributed by atoms with E-state index in [9.17, 15) is 4.79 Å². The van der Waals surface area contributed by atoms with Crippen LogP contribution in [0.2, 0.25) is 0 Å². The van der Waals surface area contributed by atoms with Crippen molar-refractivity contribution in [2.45, 2.75) is 6.54 Å². The van der Waals surface area contributed by atoms with Crippen molar-refractivity contribution in [2.24, 2.45) is 0 Å². The molecule has 0 atom stereocenters. The molecule has 0 spiro atoms. The second-order valence-corrected chi connectivity index (χ2v) is 6.99. The van der Waals surface area contributed by atoms with E-state index in [0.717, 1.165) is 54.2 Å². The van der Waals surface area contributed by atoms with Gasteiger partial charge in [0.15, 0.2) is 5.78 Å². The molecular weight excluding hydrogens is 394 g/mol. The number of rotatable bonds is 6. The summed E-state index contributed by atoms with van der Waals surface area (Å²) in [6, 6.07) is 13.4. The minimum absolute atomic E-state index is 0.0216. The molecule has 2 aromatic carbocycles. The average molecular weight is 416 g/mol. The van der Waals surface area contributed by atoms with E-state index < -0.39 is 0 Å². The first-order chi connectivity index (χ1) is 12.7. The third-order valence-corrected chi connectivity index (χ3v) is 5.10. The van der Waals surface area contributed by atoms with Crippen LogP contribution >= 0.6 is 15.9 Å². The monoisotopic (exact) mass is 415 g/mol. The maximum absolute atomic E-state index is 12.6. The predicted octanol–water partition coefficient (Wildman–Crippen LogP) is 4.19. The van der Waals surface area contributed by atoms with E-state index in [1.54, 1.807) is 13.2 Å². The van der Waals surface area contributed by atoms with Crippen LogP contribution in [-0.4, -0.2) is 44.1 Å². The molecule has 1 heterocycles. The van der Waals surface area contributed by atoms with E-state index in [1.165, 1.54) is 0 Å². The number of hydrogen-bond donors (Lipinski definition) is 0. The quantitative estimate of drug-likeness (QED) is 0.523. The number of ketones is 1. The first kappa shape index (κ1) is 18.8. The van der Waals surface area contributed by atoms with E-state index in [4.69, 9.17) is 9.47 Å². The fraction of sp³-hybridized carbons (Fsp3) is 0.286. The molecule has 4 nitrogen and oxygen atoms in total. The molecule has 1 aliphatic heterocycles. The molecule has 0 unspecified atom stereocenters. The second-order valence-electron chi connectivity index (χ2n) is 6.13. The standard InChI is InChI=1S/C21H22BrNO3/c1-25-21-9-7-17(14-18(21)15-23-10-12-26-13-11-23)20(24)8-6-16-4-2-3-5-19(16)22/h2-9,14H,10-13,15H2,1H3/b8-6+. The number of halogens is 1. The highest BCUT2D eigenvalue weighted by Crippen LogP contribution is 2.23. The van der Waals surface area contributed by atoms with Crippen LogP contribution in [0.1, 0.15) is 21.5 Å². The zero-order chi connectivity index (χ0) is 18.4. The molecule has 0 bridgehead atoms. The van der Waals surface area contributed by atoms with E-state index in [-0.39, 0.29) is 5.78 Å². The summed E-state index contributed by atoms with van der Waals surface area (Å²) in [5.41, 5.74) is 2.66. The summed E-state index contributed by atoms with van der Waals surface area (Å²) in [4.78, 5) is 14.9. The molecule has 1 aliphatic rings. The number of carbonyl (C=O) groups is 1. The van der Waals surface area contributed by atoms with Crippen molar-refractivity contribution in [1.82, 2.24) is 4.90 Å². The van der Waals surface area contributed by atoms with Crippen LogP contribution in [0, 0.1) is 0 Å². The lowest BCUT2D eigenvalue weighted by Gasteiger charge is -2.27. The molecular formula is C21H22BrNO3. The molecule has 0 saturated carbocycles. The van der Waals surface area contributed by atoms with Crippen molar-refractivity contribution in [3.63, 3.8) is 0 Å². The van der Waals surface area contributed by atoms with Gasteiger partial charge in [-0.3, -0.25) is 9.69 Å². The molecule has 2 aromatic rings. The predicted molar refractivity (Wildman–Crippen MR) is 107 cm³/mol. The van der Waals surface area contributed by atoms with Gasteiger partial charge in [0.1, 0.15) is 5.75 Å². The number of benzene rings is 2. The number of allylic oxidation sites excluding steroid dienone is 1. The van der Waals surface area contributed by atoms with Crippen LogP contribution in [0.3, 0.4) is 0 Å². The van der Waals surface area contributed by atoms with E-state index >= 15 is 0 Å². The highest BCUT2D eigenvalue weighted by molar-refractivity contribution is 9.10. The Hall–Kier alpha value is -1.95. The molecule has 3 rings (SSSR count). The number of hydrogen-bond acceptors (Lipinski definition) is 4. The van der Waals surface area contributed by atoms with Gasteiger partial charge in [-0.05, 0) is 42.0 Å². The third kappa shape index (κ3) is 4.81. The second kappa shape index (κ2) is 9.12.